The van der Waals surface area contributed by atoms with Gasteiger partial charge in [-0.15, -0.1) is 0 Å². The van der Waals surface area contributed by atoms with E-state index in [1.54, 1.807) is 6.92 Å². The number of sulfonamides is 1. The minimum atomic E-state index is -3.38. The minimum absolute atomic E-state index is 0.00257. The lowest BCUT2D eigenvalue weighted by Crippen LogP contribution is -2.52. The molecule has 0 saturated carbocycles. The van der Waals surface area contributed by atoms with E-state index in [2.05, 4.69) is 4.72 Å². The molecule has 0 aromatic rings. The molecule has 0 aromatic carbocycles. The van der Waals surface area contributed by atoms with Crippen molar-refractivity contribution in [3.63, 3.8) is 0 Å². The van der Waals surface area contributed by atoms with Gasteiger partial charge in [0.1, 0.15) is 0 Å². The van der Waals surface area contributed by atoms with Crippen LogP contribution in [-0.4, -0.2) is 43.1 Å². The van der Waals surface area contributed by atoms with Crippen LogP contribution in [0.5, 0.6) is 0 Å². The monoisotopic (exact) mass is 211 g/mol. The first-order valence-corrected chi connectivity index (χ1v) is 5.78. The molecule has 0 spiro atoms. The molecule has 13 heavy (non-hydrogen) atoms. The van der Waals surface area contributed by atoms with Crippen molar-refractivity contribution < 1.29 is 18.6 Å². The smallest absolute Gasteiger partial charge is 0.212 e. The zero-order valence-electron chi connectivity index (χ0n) is 7.95. The van der Waals surface area contributed by atoms with Gasteiger partial charge in [-0.3, -0.25) is 0 Å². The maximum atomic E-state index is 11.2. The molecule has 0 radical (unpaired) electrons. The highest BCUT2D eigenvalue weighted by Gasteiger charge is 2.27. The highest BCUT2D eigenvalue weighted by atomic mass is 32.2. The molecular formula is C7H17NO4S. The molecule has 80 valence electrons. The third-order valence-electron chi connectivity index (χ3n) is 1.57. The molecule has 0 amide bonds. The maximum absolute atomic E-state index is 11.2. The van der Waals surface area contributed by atoms with E-state index in [9.17, 15) is 8.42 Å². The molecule has 5 nitrogen and oxygen atoms in total. The second-order valence-corrected chi connectivity index (χ2v) is 5.14. The Kier molecular flexibility index (Phi) is 4.83. The van der Waals surface area contributed by atoms with Crippen LogP contribution in [0.25, 0.3) is 0 Å². The Morgan fingerprint density at radius 1 is 1.31 bits per heavy atom. The molecule has 3 N–H and O–H groups in total. The zero-order valence-corrected chi connectivity index (χ0v) is 8.76. The molecule has 0 aliphatic carbocycles. The van der Waals surface area contributed by atoms with Gasteiger partial charge >= 0.3 is 0 Å². The second-order valence-electron chi connectivity index (χ2n) is 3.30. The molecule has 0 fully saturated rings. The van der Waals surface area contributed by atoms with Crippen molar-refractivity contribution in [2.45, 2.75) is 25.8 Å². The molecule has 0 aliphatic heterocycles. The summed E-state index contributed by atoms with van der Waals surface area (Å²) in [5.74, 6) is 0.00257. The quantitative estimate of drug-likeness (QED) is 0.529. The molecule has 0 bridgehead atoms. The van der Waals surface area contributed by atoms with Crippen LogP contribution in [-0.2, 0) is 10.0 Å². The summed E-state index contributed by atoms with van der Waals surface area (Å²) >= 11 is 0. The number of aliphatic hydroxyl groups is 2. The summed E-state index contributed by atoms with van der Waals surface area (Å²) in [6.07, 6.45) is 0.502. The van der Waals surface area contributed by atoms with Crippen LogP contribution in [0.2, 0.25) is 0 Å². The topological polar surface area (TPSA) is 86.6 Å². The van der Waals surface area contributed by atoms with Crippen molar-refractivity contribution in [3.05, 3.63) is 0 Å². The van der Waals surface area contributed by atoms with Crippen molar-refractivity contribution in [2.75, 3.05) is 19.0 Å². The van der Waals surface area contributed by atoms with Gasteiger partial charge in [0, 0.05) is 0 Å². The Morgan fingerprint density at radius 2 is 1.77 bits per heavy atom. The van der Waals surface area contributed by atoms with E-state index in [1.807, 2.05) is 0 Å². The lowest BCUT2D eigenvalue weighted by atomic mass is 10.1. The van der Waals surface area contributed by atoms with Crippen molar-refractivity contribution in [3.8, 4) is 0 Å². The molecule has 0 aromatic heterocycles. The number of rotatable bonds is 6. The highest BCUT2D eigenvalue weighted by Crippen LogP contribution is 2.04. The Hall–Kier alpha value is -0.170. The number of hydrogen-bond acceptors (Lipinski definition) is 4. The van der Waals surface area contributed by atoms with Crippen molar-refractivity contribution in [2.24, 2.45) is 0 Å². The fourth-order valence-electron chi connectivity index (χ4n) is 0.810. The first-order chi connectivity index (χ1) is 5.89. The van der Waals surface area contributed by atoms with E-state index in [0.29, 0.717) is 6.42 Å². The maximum Gasteiger partial charge on any atom is 0.212 e. The molecule has 0 heterocycles. The lowest BCUT2D eigenvalue weighted by Gasteiger charge is -2.25. The molecule has 0 unspecified atom stereocenters. The predicted molar refractivity (Wildman–Crippen MR) is 49.8 cm³/mol. The fourth-order valence-corrected chi connectivity index (χ4v) is 2.33. The summed E-state index contributed by atoms with van der Waals surface area (Å²) < 4.78 is 24.7. The molecule has 6 heteroatoms. The van der Waals surface area contributed by atoms with Crippen molar-refractivity contribution in [1.29, 1.82) is 0 Å². The van der Waals surface area contributed by atoms with Crippen LogP contribution in [0.1, 0.15) is 20.3 Å². The standard InChI is InChI=1S/C7H17NO4S/c1-3-4-13(11,12)8-7(2,5-9)6-10/h8-10H,3-6H2,1-2H3. The molecule has 0 saturated heterocycles. The van der Waals surface area contributed by atoms with Crippen LogP contribution in [0.15, 0.2) is 0 Å². The summed E-state index contributed by atoms with van der Waals surface area (Å²) in [5.41, 5.74) is -1.16. The fraction of sp³-hybridized carbons (Fsp3) is 1.00. The van der Waals surface area contributed by atoms with Crippen LogP contribution < -0.4 is 4.72 Å². The van der Waals surface area contributed by atoms with Gasteiger partial charge in [-0.05, 0) is 13.3 Å². The van der Waals surface area contributed by atoms with Crippen LogP contribution >= 0.6 is 0 Å². The molecule has 0 atom stereocenters. The lowest BCUT2D eigenvalue weighted by molar-refractivity contribution is 0.122. The van der Waals surface area contributed by atoms with Crippen molar-refractivity contribution >= 4 is 10.0 Å². The number of nitrogens with one attached hydrogen (secondary N) is 1. The SMILES string of the molecule is CCCS(=O)(=O)NC(C)(CO)CO. The molecule has 0 aliphatic rings. The number of hydrogen-bond donors (Lipinski definition) is 3. The van der Waals surface area contributed by atoms with Gasteiger partial charge in [0.05, 0.1) is 24.5 Å². The minimum Gasteiger partial charge on any atom is -0.394 e. The predicted octanol–water partition coefficient (Wildman–Crippen LogP) is -0.941. The Labute approximate surface area is 78.8 Å². The summed E-state index contributed by atoms with van der Waals surface area (Å²) in [6.45, 7) is 2.34. The van der Waals surface area contributed by atoms with Gasteiger partial charge in [0.15, 0.2) is 0 Å². The van der Waals surface area contributed by atoms with Gasteiger partial charge in [0.2, 0.25) is 10.0 Å². The van der Waals surface area contributed by atoms with Gasteiger partial charge in [0.25, 0.3) is 0 Å². The van der Waals surface area contributed by atoms with E-state index in [4.69, 9.17) is 10.2 Å². The van der Waals surface area contributed by atoms with Gasteiger partial charge < -0.3 is 10.2 Å². The van der Waals surface area contributed by atoms with Crippen molar-refractivity contribution in [1.82, 2.24) is 4.72 Å². The first-order valence-electron chi connectivity index (χ1n) is 4.12. The summed E-state index contributed by atoms with van der Waals surface area (Å²) in [5, 5.41) is 17.7. The summed E-state index contributed by atoms with van der Waals surface area (Å²) in [4.78, 5) is 0. The Balaban J connectivity index is 4.40. The average Bonchev–Trinajstić information content (AvgIpc) is 2.03. The van der Waals surface area contributed by atoms with E-state index in [-0.39, 0.29) is 5.75 Å². The third kappa shape index (κ3) is 4.56. The van der Waals surface area contributed by atoms with E-state index in [1.165, 1.54) is 6.92 Å². The second kappa shape index (κ2) is 4.90. The Bertz CT molecular complexity index is 233. The molecule has 0 rings (SSSR count). The van der Waals surface area contributed by atoms with Gasteiger partial charge in [-0.2, -0.15) is 0 Å². The van der Waals surface area contributed by atoms with Crippen LogP contribution in [0, 0.1) is 0 Å². The largest absolute Gasteiger partial charge is 0.394 e. The number of aliphatic hydroxyl groups excluding tert-OH is 2. The average molecular weight is 211 g/mol. The van der Waals surface area contributed by atoms with Gasteiger partial charge in [-0.25, -0.2) is 13.1 Å². The Morgan fingerprint density at radius 3 is 2.08 bits per heavy atom. The van der Waals surface area contributed by atoms with Crippen LogP contribution in [0.3, 0.4) is 0 Å². The highest BCUT2D eigenvalue weighted by molar-refractivity contribution is 7.89. The zero-order chi connectivity index (χ0) is 10.5. The first kappa shape index (κ1) is 12.8. The van der Waals surface area contributed by atoms with Crippen LogP contribution in [0.4, 0.5) is 0 Å². The normalized spacial score (nSPS) is 13.2. The van der Waals surface area contributed by atoms with E-state index >= 15 is 0 Å². The third-order valence-corrected chi connectivity index (χ3v) is 3.32. The van der Waals surface area contributed by atoms with E-state index < -0.39 is 28.8 Å². The summed E-state index contributed by atoms with van der Waals surface area (Å²) in [6, 6.07) is 0. The van der Waals surface area contributed by atoms with Gasteiger partial charge in [-0.1, -0.05) is 6.92 Å². The van der Waals surface area contributed by atoms with E-state index in [0.717, 1.165) is 0 Å². The summed E-state index contributed by atoms with van der Waals surface area (Å²) in [7, 11) is -3.38. The molecular weight excluding hydrogens is 194 g/mol.